The molecule has 2 rings (SSSR count). The van der Waals surface area contributed by atoms with Crippen molar-refractivity contribution in [1.82, 2.24) is 0 Å². The molecule has 0 atom stereocenters. The molecule has 0 unspecified atom stereocenters. The van der Waals surface area contributed by atoms with Gasteiger partial charge in [0.1, 0.15) is 13.2 Å². The maximum absolute atomic E-state index is 5.39. The van der Waals surface area contributed by atoms with E-state index in [1.165, 1.54) is 0 Å². The first-order valence-electron chi connectivity index (χ1n) is 5.73. The average Bonchev–Trinajstić information content (AvgIpc) is 2.39. The summed E-state index contributed by atoms with van der Waals surface area (Å²) in [6, 6.07) is 5.89. The second-order valence-corrected chi connectivity index (χ2v) is 3.86. The van der Waals surface area contributed by atoms with E-state index in [1.807, 2.05) is 18.2 Å². The highest BCUT2D eigenvalue weighted by Gasteiger charge is 2.14. The lowest BCUT2D eigenvalue weighted by molar-refractivity contribution is -0.544. The van der Waals surface area contributed by atoms with Crippen LogP contribution in [-0.4, -0.2) is 51.3 Å². The van der Waals surface area contributed by atoms with Crippen molar-refractivity contribution >= 4 is 6.21 Å². The van der Waals surface area contributed by atoms with Crippen LogP contribution in [0.5, 0.6) is 11.5 Å². The lowest BCUT2D eigenvalue weighted by Crippen LogP contribution is -3.00. The predicted octanol–water partition coefficient (Wildman–Crippen LogP) is -1.83. The van der Waals surface area contributed by atoms with Crippen molar-refractivity contribution in [2.45, 2.75) is 0 Å². The number of ether oxygens (including phenoxy) is 3. The first kappa shape index (κ1) is 14.8. The minimum Gasteiger partial charge on any atom is -1.00 e. The van der Waals surface area contributed by atoms with Gasteiger partial charge in [0.15, 0.2) is 30.8 Å². The number of benzene rings is 1. The molecule has 5 heteroatoms. The number of nitrogens with zero attached hydrogens (tertiary/aromatic N) is 1. The molecule has 1 aromatic rings. The fourth-order valence-electron chi connectivity index (χ4n) is 1.92. The van der Waals surface area contributed by atoms with Crippen LogP contribution in [0.15, 0.2) is 18.2 Å². The molecule has 1 aromatic carbocycles. The smallest absolute Gasteiger partial charge is 0.174 e. The Hall–Kier alpha value is -1.26. The molecule has 0 radical (unpaired) electrons. The number of morpholine rings is 1. The third-order valence-corrected chi connectivity index (χ3v) is 2.80. The Labute approximate surface area is 114 Å². The second kappa shape index (κ2) is 7.24. The van der Waals surface area contributed by atoms with Crippen LogP contribution in [0.25, 0.3) is 0 Å². The monoisotopic (exact) mass is 271 g/mol. The molecule has 0 bridgehead atoms. The first-order valence-corrected chi connectivity index (χ1v) is 5.73. The van der Waals surface area contributed by atoms with Crippen LogP contribution in [0.2, 0.25) is 0 Å². The fourth-order valence-corrected chi connectivity index (χ4v) is 1.92. The summed E-state index contributed by atoms with van der Waals surface area (Å²) in [6.07, 6.45) is 2.10. The van der Waals surface area contributed by atoms with Gasteiger partial charge in [-0.05, 0) is 12.1 Å². The van der Waals surface area contributed by atoms with Gasteiger partial charge in [-0.2, -0.15) is 0 Å². The summed E-state index contributed by atoms with van der Waals surface area (Å²) in [7, 11) is 3.31. The number of hydrogen-bond acceptors (Lipinski definition) is 3. The van der Waals surface area contributed by atoms with E-state index in [-0.39, 0.29) is 12.4 Å². The zero-order chi connectivity index (χ0) is 12.1. The van der Waals surface area contributed by atoms with Crippen molar-refractivity contribution < 1.29 is 31.2 Å². The van der Waals surface area contributed by atoms with Gasteiger partial charge in [-0.1, -0.05) is 6.07 Å². The molecule has 0 spiro atoms. The Morgan fingerprint density at radius 2 is 1.89 bits per heavy atom. The highest BCUT2D eigenvalue weighted by molar-refractivity contribution is 5.81. The molecule has 0 aromatic heterocycles. The van der Waals surface area contributed by atoms with E-state index in [9.17, 15) is 0 Å². The number of rotatable bonds is 3. The normalized spacial score (nSPS) is 14.7. The third-order valence-electron chi connectivity index (χ3n) is 2.80. The van der Waals surface area contributed by atoms with E-state index in [1.54, 1.807) is 14.2 Å². The second-order valence-electron chi connectivity index (χ2n) is 3.86. The molecule has 0 aliphatic carbocycles. The zero-order valence-corrected chi connectivity index (χ0v) is 11.4. The molecule has 1 aliphatic heterocycles. The van der Waals surface area contributed by atoms with E-state index in [4.69, 9.17) is 14.2 Å². The molecule has 0 amide bonds. The van der Waals surface area contributed by atoms with E-state index < -0.39 is 0 Å². The van der Waals surface area contributed by atoms with Crippen LogP contribution in [0.1, 0.15) is 5.56 Å². The summed E-state index contributed by atoms with van der Waals surface area (Å²) in [6.45, 7) is 3.40. The Morgan fingerprint density at radius 1 is 1.17 bits per heavy atom. The third kappa shape index (κ3) is 3.37. The summed E-state index contributed by atoms with van der Waals surface area (Å²) in [5.41, 5.74) is 1.04. The van der Waals surface area contributed by atoms with Crippen molar-refractivity contribution in [2.24, 2.45) is 0 Å². The molecule has 1 aliphatic rings. The minimum absolute atomic E-state index is 0. The summed E-state index contributed by atoms with van der Waals surface area (Å²) in [5.74, 6) is 1.54. The molecule has 1 saturated heterocycles. The van der Waals surface area contributed by atoms with Gasteiger partial charge >= 0.3 is 0 Å². The van der Waals surface area contributed by atoms with Crippen LogP contribution in [0, 0.1) is 0 Å². The highest BCUT2D eigenvalue weighted by Crippen LogP contribution is 2.29. The van der Waals surface area contributed by atoms with Gasteiger partial charge in [0, 0.05) is 0 Å². The molecule has 0 saturated carbocycles. The average molecular weight is 272 g/mol. The molecule has 0 N–H and O–H groups in total. The van der Waals surface area contributed by atoms with Gasteiger partial charge in [0.2, 0.25) is 0 Å². The lowest BCUT2D eigenvalue weighted by atomic mass is 10.2. The highest BCUT2D eigenvalue weighted by atomic mass is 35.5. The van der Waals surface area contributed by atoms with Crippen LogP contribution < -0.4 is 21.9 Å². The van der Waals surface area contributed by atoms with E-state index >= 15 is 0 Å². The maximum Gasteiger partial charge on any atom is 0.174 e. The SMILES string of the molecule is COc1cccc(C=[N+]2CCOCC2)c1OC.[Cl-]. The van der Waals surface area contributed by atoms with E-state index in [2.05, 4.69) is 10.8 Å². The Bertz CT molecular complexity index is 413. The summed E-state index contributed by atoms with van der Waals surface area (Å²) in [4.78, 5) is 0. The molecule has 1 fully saturated rings. The minimum atomic E-state index is 0. The Morgan fingerprint density at radius 3 is 2.50 bits per heavy atom. The molecular formula is C13H18ClNO3. The van der Waals surface area contributed by atoms with E-state index in [0.29, 0.717) is 0 Å². The van der Waals surface area contributed by atoms with Gasteiger partial charge in [-0.25, -0.2) is 4.58 Å². The maximum atomic E-state index is 5.39. The topological polar surface area (TPSA) is 30.7 Å². The summed E-state index contributed by atoms with van der Waals surface area (Å²) < 4.78 is 18.2. The Balaban J connectivity index is 0.00000162. The lowest BCUT2D eigenvalue weighted by Gasteiger charge is -2.12. The van der Waals surface area contributed by atoms with Crippen molar-refractivity contribution in [3.63, 3.8) is 0 Å². The zero-order valence-electron chi connectivity index (χ0n) is 10.7. The first-order chi connectivity index (χ1) is 8.35. The molecular weight excluding hydrogens is 254 g/mol. The van der Waals surface area contributed by atoms with Crippen LogP contribution in [0.4, 0.5) is 0 Å². The van der Waals surface area contributed by atoms with Crippen molar-refractivity contribution in [2.75, 3.05) is 40.5 Å². The predicted molar refractivity (Wildman–Crippen MR) is 65.5 cm³/mol. The molecule has 4 nitrogen and oxygen atoms in total. The van der Waals surface area contributed by atoms with Crippen molar-refractivity contribution in [3.05, 3.63) is 23.8 Å². The van der Waals surface area contributed by atoms with Gasteiger partial charge in [0.25, 0.3) is 0 Å². The Kier molecular flexibility index (Phi) is 5.95. The standard InChI is InChI=1S/C13H18NO3.ClH/c1-15-12-5-3-4-11(13(12)16-2)10-14-6-8-17-9-7-14;/h3-5,10H,6-9H2,1-2H3;1H/q+1;/p-1. The molecule has 1 heterocycles. The molecule has 100 valence electrons. The van der Waals surface area contributed by atoms with Gasteiger partial charge in [-0.3, -0.25) is 0 Å². The van der Waals surface area contributed by atoms with Gasteiger partial charge in [-0.15, -0.1) is 0 Å². The number of hydrogen-bond donors (Lipinski definition) is 0. The largest absolute Gasteiger partial charge is 1.00 e. The van der Waals surface area contributed by atoms with Crippen LogP contribution in [-0.2, 0) is 4.74 Å². The number of halogens is 1. The van der Waals surface area contributed by atoms with E-state index in [0.717, 1.165) is 43.4 Å². The van der Waals surface area contributed by atoms with Crippen molar-refractivity contribution in [3.8, 4) is 11.5 Å². The van der Waals surface area contributed by atoms with Gasteiger partial charge < -0.3 is 26.6 Å². The summed E-state index contributed by atoms with van der Waals surface area (Å²) >= 11 is 0. The number of methoxy groups -OCH3 is 2. The van der Waals surface area contributed by atoms with Gasteiger partial charge in [0.05, 0.1) is 19.8 Å². The fraction of sp³-hybridized carbons (Fsp3) is 0.462. The van der Waals surface area contributed by atoms with Crippen molar-refractivity contribution in [1.29, 1.82) is 0 Å². The number of para-hydroxylation sites is 1. The molecule has 18 heavy (non-hydrogen) atoms. The van der Waals surface area contributed by atoms with Crippen LogP contribution in [0.3, 0.4) is 0 Å². The quantitative estimate of drug-likeness (QED) is 0.606. The van der Waals surface area contributed by atoms with Crippen LogP contribution >= 0.6 is 0 Å². The summed E-state index contributed by atoms with van der Waals surface area (Å²) in [5, 5.41) is 0.